The Bertz CT molecular complexity index is 325. The minimum Gasteiger partial charge on any atom is -0.481 e. The van der Waals surface area contributed by atoms with Crippen LogP contribution in [0.1, 0.15) is 26.2 Å². The summed E-state index contributed by atoms with van der Waals surface area (Å²) in [5, 5.41) is 8.75. The van der Waals surface area contributed by atoms with Crippen molar-refractivity contribution in [2.45, 2.75) is 26.2 Å². The second kappa shape index (κ2) is 4.94. The van der Waals surface area contributed by atoms with Gasteiger partial charge < -0.3 is 5.11 Å². The van der Waals surface area contributed by atoms with Crippen LogP contribution >= 0.6 is 0 Å². The van der Waals surface area contributed by atoms with Crippen molar-refractivity contribution in [3.05, 3.63) is 0 Å². The van der Waals surface area contributed by atoms with Crippen molar-refractivity contribution < 1.29 is 18.3 Å². The van der Waals surface area contributed by atoms with Crippen molar-refractivity contribution in [3.63, 3.8) is 0 Å². The fourth-order valence-electron chi connectivity index (χ4n) is 1.64. The summed E-state index contributed by atoms with van der Waals surface area (Å²) < 4.78 is 24.7. The minimum atomic E-state index is -3.22. The van der Waals surface area contributed by atoms with Crippen molar-refractivity contribution >= 4 is 16.0 Å². The molecule has 0 radical (unpaired) electrons. The molecule has 1 rings (SSSR count). The van der Waals surface area contributed by atoms with Gasteiger partial charge in [0.05, 0.1) is 11.7 Å². The van der Waals surface area contributed by atoms with Gasteiger partial charge in [0.25, 0.3) is 0 Å². The van der Waals surface area contributed by atoms with Crippen molar-refractivity contribution in [1.29, 1.82) is 0 Å². The molecule has 0 aliphatic carbocycles. The van der Waals surface area contributed by atoms with E-state index in [9.17, 15) is 13.2 Å². The van der Waals surface area contributed by atoms with Crippen LogP contribution in [0, 0.1) is 5.92 Å². The molecule has 1 aliphatic rings. The number of rotatable bonds is 5. The number of hydrogen-bond donors (Lipinski definition) is 1. The van der Waals surface area contributed by atoms with Crippen LogP contribution in [0.5, 0.6) is 0 Å². The summed E-state index contributed by atoms with van der Waals surface area (Å²) in [5.41, 5.74) is 0. The minimum absolute atomic E-state index is 0.135. The molecule has 1 saturated heterocycles. The topological polar surface area (TPSA) is 74.7 Å². The third kappa shape index (κ3) is 3.17. The molecular formula is C9H17NO4S. The highest BCUT2D eigenvalue weighted by atomic mass is 32.2. The number of carboxylic acid groups (broad SMARTS) is 1. The summed E-state index contributed by atoms with van der Waals surface area (Å²) in [6.07, 6.45) is 1.90. The Balaban J connectivity index is 2.56. The summed E-state index contributed by atoms with van der Waals surface area (Å²) in [7, 11) is -3.22. The van der Waals surface area contributed by atoms with Gasteiger partial charge in [-0.05, 0) is 12.8 Å². The van der Waals surface area contributed by atoms with Gasteiger partial charge >= 0.3 is 5.97 Å². The number of sulfonamides is 1. The van der Waals surface area contributed by atoms with Crippen LogP contribution in [0.2, 0.25) is 0 Å². The highest BCUT2D eigenvalue weighted by Crippen LogP contribution is 2.20. The molecule has 1 fully saturated rings. The zero-order valence-corrected chi connectivity index (χ0v) is 9.66. The number of aliphatic carboxylic acids is 1. The van der Waals surface area contributed by atoms with E-state index in [4.69, 9.17) is 5.11 Å². The lowest BCUT2D eigenvalue weighted by Gasteiger charge is -2.15. The normalized spacial score (nSPS) is 23.1. The number of carbonyl (C=O) groups is 1. The van der Waals surface area contributed by atoms with E-state index in [2.05, 4.69) is 0 Å². The lowest BCUT2D eigenvalue weighted by Crippen LogP contribution is -2.32. The van der Waals surface area contributed by atoms with Crippen LogP contribution in [0.3, 0.4) is 0 Å². The highest BCUT2D eigenvalue weighted by molar-refractivity contribution is 7.89. The van der Waals surface area contributed by atoms with Gasteiger partial charge in [0.15, 0.2) is 0 Å². The maximum absolute atomic E-state index is 11.7. The van der Waals surface area contributed by atoms with Gasteiger partial charge in [0.2, 0.25) is 10.0 Å². The van der Waals surface area contributed by atoms with Crippen molar-refractivity contribution in [2.24, 2.45) is 5.92 Å². The average Bonchev–Trinajstić information content (AvgIpc) is 2.64. The molecule has 6 heteroatoms. The summed E-state index contributed by atoms with van der Waals surface area (Å²) in [5.74, 6) is -1.29. The van der Waals surface area contributed by atoms with E-state index in [0.717, 1.165) is 6.42 Å². The Hall–Kier alpha value is -0.620. The predicted molar refractivity (Wildman–Crippen MR) is 56.0 cm³/mol. The fourth-order valence-corrected chi connectivity index (χ4v) is 3.34. The zero-order chi connectivity index (χ0) is 11.5. The lowest BCUT2D eigenvalue weighted by atomic mass is 10.1. The molecule has 88 valence electrons. The van der Waals surface area contributed by atoms with Crippen LogP contribution in [0.4, 0.5) is 0 Å². The maximum Gasteiger partial charge on any atom is 0.307 e. The first-order chi connectivity index (χ1) is 6.97. The van der Waals surface area contributed by atoms with E-state index < -0.39 is 21.9 Å². The quantitative estimate of drug-likeness (QED) is 0.754. The SMILES string of the molecule is CCCCS(=O)(=O)N1CCC(C(=O)O)C1. The third-order valence-corrected chi connectivity index (χ3v) is 4.57. The molecule has 1 aliphatic heterocycles. The molecule has 5 nitrogen and oxygen atoms in total. The van der Waals surface area contributed by atoms with Gasteiger partial charge in [-0.15, -0.1) is 0 Å². The molecule has 1 atom stereocenters. The van der Waals surface area contributed by atoms with Crippen LogP contribution in [0.15, 0.2) is 0 Å². The third-order valence-electron chi connectivity index (χ3n) is 2.65. The molecule has 0 amide bonds. The Morgan fingerprint density at radius 3 is 2.67 bits per heavy atom. The molecule has 1 unspecified atom stereocenters. The number of carboxylic acids is 1. The van der Waals surface area contributed by atoms with E-state index in [1.165, 1.54) is 4.31 Å². The average molecular weight is 235 g/mol. The first kappa shape index (κ1) is 12.4. The standard InChI is InChI=1S/C9H17NO4S/c1-2-3-6-15(13,14)10-5-4-8(7-10)9(11)12/h8H,2-7H2,1H3,(H,11,12). The fraction of sp³-hybridized carbons (Fsp3) is 0.889. The van der Waals surface area contributed by atoms with Gasteiger partial charge in [-0.1, -0.05) is 13.3 Å². The first-order valence-corrected chi connectivity index (χ1v) is 6.79. The van der Waals surface area contributed by atoms with Gasteiger partial charge in [0, 0.05) is 13.1 Å². The van der Waals surface area contributed by atoms with E-state index >= 15 is 0 Å². The summed E-state index contributed by atoms with van der Waals surface area (Å²) in [4.78, 5) is 10.7. The van der Waals surface area contributed by atoms with Crippen LogP contribution < -0.4 is 0 Å². The Morgan fingerprint density at radius 1 is 1.53 bits per heavy atom. The lowest BCUT2D eigenvalue weighted by molar-refractivity contribution is -0.141. The maximum atomic E-state index is 11.7. The molecule has 0 aromatic carbocycles. The molecule has 0 aromatic heterocycles. The second-order valence-electron chi connectivity index (χ2n) is 3.85. The smallest absolute Gasteiger partial charge is 0.307 e. The van der Waals surface area contributed by atoms with Gasteiger partial charge in [0.1, 0.15) is 0 Å². The Morgan fingerprint density at radius 2 is 2.20 bits per heavy atom. The summed E-state index contributed by atoms with van der Waals surface area (Å²) >= 11 is 0. The molecule has 0 spiro atoms. The molecule has 0 saturated carbocycles. The van der Waals surface area contributed by atoms with Crippen LogP contribution in [-0.2, 0) is 14.8 Å². The summed E-state index contributed by atoms with van der Waals surface area (Å²) in [6, 6.07) is 0. The molecule has 1 heterocycles. The Labute approximate surface area is 90.1 Å². The van der Waals surface area contributed by atoms with Gasteiger partial charge in [-0.2, -0.15) is 0 Å². The van der Waals surface area contributed by atoms with E-state index in [1.807, 2.05) is 6.92 Å². The largest absolute Gasteiger partial charge is 0.481 e. The zero-order valence-electron chi connectivity index (χ0n) is 8.85. The van der Waals surface area contributed by atoms with Crippen molar-refractivity contribution in [3.8, 4) is 0 Å². The molecule has 0 aromatic rings. The van der Waals surface area contributed by atoms with Crippen LogP contribution in [0.25, 0.3) is 0 Å². The number of hydrogen-bond acceptors (Lipinski definition) is 3. The number of unbranched alkanes of at least 4 members (excludes halogenated alkanes) is 1. The van der Waals surface area contributed by atoms with E-state index in [-0.39, 0.29) is 12.3 Å². The molecule has 1 N–H and O–H groups in total. The van der Waals surface area contributed by atoms with Gasteiger partial charge in [-0.3, -0.25) is 4.79 Å². The number of nitrogens with zero attached hydrogens (tertiary/aromatic N) is 1. The van der Waals surface area contributed by atoms with Gasteiger partial charge in [-0.25, -0.2) is 12.7 Å². The van der Waals surface area contributed by atoms with Crippen molar-refractivity contribution in [2.75, 3.05) is 18.8 Å². The highest BCUT2D eigenvalue weighted by Gasteiger charge is 2.34. The van der Waals surface area contributed by atoms with E-state index in [0.29, 0.717) is 19.4 Å². The Kier molecular flexibility index (Phi) is 4.10. The molecule has 0 bridgehead atoms. The second-order valence-corrected chi connectivity index (χ2v) is 5.94. The summed E-state index contributed by atoms with van der Waals surface area (Å²) in [6.45, 7) is 2.42. The first-order valence-electron chi connectivity index (χ1n) is 5.18. The van der Waals surface area contributed by atoms with Crippen molar-refractivity contribution in [1.82, 2.24) is 4.31 Å². The van der Waals surface area contributed by atoms with E-state index in [1.54, 1.807) is 0 Å². The molecular weight excluding hydrogens is 218 g/mol. The predicted octanol–water partition coefficient (Wildman–Crippen LogP) is 0.523. The van der Waals surface area contributed by atoms with Crippen LogP contribution in [-0.4, -0.2) is 42.6 Å². The monoisotopic (exact) mass is 235 g/mol. The molecule has 15 heavy (non-hydrogen) atoms.